The molecule has 7 rings (SSSR count). The monoisotopic (exact) mass is 517 g/mol. The molecule has 0 amide bonds. The molecule has 0 saturated carbocycles. The molecule has 0 aliphatic carbocycles. The van der Waals surface area contributed by atoms with Gasteiger partial charge in [-0.2, -0.15) is 0 Å². The van der Waals surface area contributed by atoms with Crippen molar-refractivity contribution in [2.24, 2.45) is 0 Å². The third-order valence-electron chi connectivity index (χ3n) is 7.49. The lowest BCUT2D eigenvalue weighted by Crippen LogP contribution is -1.97. The summed E-state index contributed by atoms with van der Waals surface area (Å²) in [6, 6.07) is 41.8. The summed E-state index contributed by atoms with van der Waals surface area (Å²) < 4.78 is 5.01. The normalized spacial score (nSPS) is 11.7. The molecule has 0 bridgehead atoms. The third-order valence-corrected chi connectivity index (χ3v) is 8.64. The van der Waals surface area contributed by atoms with Crippen molar-refractivity contribution in [2.75, 3.05) is 0 Å². The van der Waals surface area contributed by atoms with E-state index in [9.17, 15) is 0 Å². The molecule has 0 N–H and O–H groups in total. The largest absolute Gasteiger partial charge is 0.309 e. The zero-order valence-corrected chi connectivity index (χ0v) is 22.6. The van der Waals surface area contributed by atoms with Gasteiger partial charge in [0.05, 0.1) is 11.2 Å². The second-order valence-electron chi connectivity index (χ2n) is 9.80. The van der Waals surface area contributed by atoms with Crippen LogP contribution in [0, 0.1) is 0 Å². The summed E-state index contributed by atoms with van der Waals surface area (Å²) in [6.07, 6.45) is 6.24. The molecule has 0 unspecified atom stereocenters. The van der Waals surface area contributed by atoms with Gasteiger partial charge in [0.2, 0.25) is 0 Å². The number of hydrogen-bond donors (Lipinski definition) is 0. The first-order chi connectivity index (χ1) is 19.2. The summed E-state index contributed by atoms with van der Waals surface area (Å²) >= 11 is 1.86. The lowest BCUT2D eigenvalue weighted by atomic mass is 9.97. The van der Waals surface area contributed by atoms with Crippen LogP contribution >= 0.6 is 11.3 Å². The molecule has 0 fully saturated rings. The minimum absolute atomic E-state index is 1.14. The van der Waals surface area contributed by atoms with Crippen LogP contribution in [0.25, 0.3) is 71.2 Å². The molecule has 2 heterocycles. The Labute approximate surface area is 232 Å². The van der Waals surface area contributed by atoms with Crippen LogP contribution in [0.4, 0.5) is 0 Å². The molecule has 0 aliphatic heterocycles. The van der Waals surface area contributed by atoms with Gasteiger partial charge < -0.3 is 4.57 Å². The zero-order valence-electron chi connectivity index (χ0n) is 21.8. The lowest BCUT2D eigenvalue weighted by molar-refractivity contribution is 1.11. The summed E-state index contributed by atoms with van der Waals surface area (Å²) in [5, 5.41) is 3.87. The molecule has 0 aliphatic rings. The van der Waals surface area contributed by atoms with Gasteiger partial charge in [0.25, 0.3) is 0 Å². The second-order valence-corrected chi connectivity index (χ2v) is 10.9. The van der Waals surface area contributed by atoms with E-state index >= 15 is 0 Å². The standard InChI is InChI=1S/C37H27NS/c1-3-11-34-30(4-2)31-16-5-7-18-35(31)38(34)29-15-10-14-27(23-29)25-12-9-13-26(22-25)28-20-21-37-33(24-28)32-17-6-8-19-36(32)39-37/h3-24H,2H2,1H3/b11-3-. The Kier molecular flexibility index (Phi) is 5.76. The average Bonchev–Trinajstić information content (AvgIpc) is 3.52. The predicted molar refractivity (Wildman–Crippen MR) is 172 cm³/mol. The molecule has 0 spiro atoms. The number of hydrogen-bond acceptors (Lipinski definition) is 1. The van der Waals surface area contributed by atoms with E-state index < -0.39 is 0 Å². The van der Waals surface area contributed by atoms with Gasteiger partial charge in [-0.25, -0.2) is 0 Å². The second kappa shape index (κ2) is 9.58. The molecular weight excluding hydrogens is 490 g/mol. The minimum atomic E-state index is 1.14. The number of rotatable bonds is 5. The van der Waals surface area contributed by atoms with Crippen LogP contribution in [0.15, 0.2) is 128 Å². The molecule has 2 aromatic heterocycles. The van der Waals surface area contributed by atoms with Crippen molar-refractivity contribution in [3.63, 3.8) is 0 Å². The van der Waals surface area contributed by atoms with Crippen molar-refractivity contribution in [2.45, 2.75) is 6.92 Å². The first kappa shape index (κ1) is 23.5. The summed E-state index contributed by atoms with van der Waals surface area (Å²) in [7, 11) is 0. The Bertz CT molecular complexity index is 2050. The maximum absolute atomic E-state index is 4.12. The number of para-hydroxylation sites is 1. The van der Waals surface area contributed by atoms with Crippen LogP contribution in [0.3, 0.4) is 0 Å². The quantitative estimate of drug-likeness (QED) is 0.214. The predicted octanol–water partition coefficient (Wildman–Crippen LogP) is 11.0. The van der Waals surface area contributed by atoms with E-state index in [4.69, 9.17) is 0 Å². The van der Waals surface area contributed by atoms with Crippen LogP contribution in [0.2, 0.25) is 0 Å². The van der Waals surface area contributed by atoms with Crippen LogP contribution in [-0.4, -0.2) is 4.57 Å². The fourth-order valence-corrected chi connectivity index (χ4v) is 6.79. The van der Waals surface area contributed by atoms with E-state index in [1.54, 1.807) is 0 Å². The Morgan fingerprint density at radius 2 is 1.28 bits per heavy atom. The van der Waals surface area contributed by atoms with Gasteiger partial charge in [0.1, 0.15) is 0 Å². The van der Waals surface area contributed by atoms with Crippen LogP contribution in [0.5, 0.6) is 0 Å². The van der Waals surface area contributed by atoms with E-state index in [-0.39, 0.29) is 0 Å². The molecular formula is C37H27NS. The number of benzene rings is 5. The molecule has 186 valence electrons. The Balaban J connectivity index is 1.35. The van der Waals surface area contributed by atoms with E-state index in [1.165, 1.54) is 53.3 Å². The summed E-state index contributed by atoms with van der Waals surface area (Å²) in [5.74, 6) is 0. The summed E-state index contributed by atoms with van der Waals surface area (Å²) in [5.41, 5.74) is 9.50. The van der Waals surface area contributed by atoms with E-state index in [0.717, 1.165) is 16.9 Å². The first-order valence-electron chi connectivity index (χ1n) is 13.3. The van der Waals surface area contributed by atoms with E-state index in [0.29, 0.717) is 0 Å². The number of aromatic nitrogens is 1. The molecule has 0 saturated heterocycles. The van der Waals surface area contributed by atoms with Crippen molar-refractivity contribution in [3.05, 3.63) is 139 Å². The summed E-state index contributed by atoms with van der Waals surface area (Å²) in [6.45, 7) is 6.18. The van der Waals surface area contributed by atoms with Gasteiger partial charge in [0.15, 0.2) is 0 Å². The molecule has 0 radical (unpaired) electrons. The molecule has 2 heteroatoms. The van der Waals surface area contributed by atoms with Gasteiger partial charge in [-0.05, 0) is 77.7 Å². The van der Waals surface area contributed by atoms with Crippen molar-refractivity contribution >= 4 is 54.6 Å². The SMILES string of the molecule is C=Cc1c(/C=C\C)n(-c2cccc(-c3cccc(-c4ccc5sc6ccccc6c5c4)c3)c2)c2ccccc12. The minimum Gasteiger partial charge on any atom is -0.309 e. The molecule has 39 heavy (non-hydrogen) atoms. The van der Waals surface area contributed by atoms with Gasteiger partial charge >= 0.3 is 0 Å². The molecule has 7 aromatic rings. The van der Waals surface area contributed by atoms with Gasteiger partial charge in [-0.3, -0.25) is 0 Å². The van der Waals surface area contributed by atoms with Crippen molar-refractivity contribution in [1.29, 1.82) is 0 Å². The Hall–Kier alpha value is -4.66. The molecule has 5 aromatic carbocycles. The first-order valence-corrected chi connectivity index (χ1v) is 14.1. The Morgan fingerprint density at radius 1 is 0.615 bits per heavy atom. The van der Waals surface area contributed by atoms with Gasteiger partial charge in [-0.1, -0.05) is 91.5 Å². The lowest BCUT2D eigenvalue weighted by Gasteiger charge is -2.12. The zero-order chi connectivity index (χ0) is 26.3. The topological polar surface area (TPSA) is 4.93 Å². The van der Waals surface area contributed by atoms with Crippen molar-refractivity contribution < 1.29 is 0 Å². The van der Waals surface area contributed by atoms with Crippen molar-refractivity contribution in [3.8, 4) is 27.9 Å². The Morgan fingerprint density at radius 3 is 2.08 bits per heavy atom. The van der Waals surface area contributed by atoms with E-state index in [2.05, 4.69) is 145 Å². The third kappa shape index (κ3) is 3.93. The van der Waals surface area contributed by atoms with Gasteiger partial charge in [0, 0.05) is 36.8 Å². The van der Waals surface area contributed by atoms with Crippen LogP contribution < -0.4 is 0 Å². The van der Waals surface area contributed by atoms with Crippen LogP contribution in [0.1, 0.15) is 18.2 Å². The van der Waals surface area contributed by atoms with Crippen LogP contribution in [-0.2, 0) is 0 Å². The maximum atomic E-state index is 4.12. The number of thiophene rings is 1. The highest BCUT2D eigenvalue weighted by Crippen LogP contribution is 2.37. The highest BCUT2D eigenvalue weighted by molar-refractivity contribution is 7.25. The van der Waals surface area contributed by atoms with Crippen molar-refractivity contribution in [1.82, 2.24) is 4.57 Å². The van der Waals surface area contributed by atoms with Gasteiger partial charge in [-0.15, -0.1) is 11.3 Å². The number of allylic oxidation sites excluding steroid dienone is 1. The fraction of sp³-hybridized carbons (Fsp3) is 0.0270. The smallest absolute Gasteiger partial charge is 0.0541 e. The molecule has 0 atom stereocenters. The molecule has 1 nitrogen and oxygen atoms in total. The maximum Gasteiger partial charge on any atom is 0.0541 e. The van der Waals surface area contributed by atoms with E-state index in [1.807, 2.05) is 17.4 Å². The number of nitrogens with zero attached hydrogens (tertiary/aromatic N) is 1. The highest BCUT2D eigenvalue weighted by Gasteiger charge is 2.15. The number of fused-ring (bicyclic) bond motifs is 4. The highest BCUT2D eigenvalue weighted by atomic mass is 32.1. The fourth-order valence-electron chi connectivity index (χ4n) is 5.71. The average molecular weight is 518 g/mol. The summed E-state index contributed by atoms with van der Waals surface area (Å²) in [4.78, 5) is 0.